The van der Waals surface area contributed by atoms with E-state index in [9.17, 15) is 19.7 Å². The van der Waals surface area contributed by atoms with Crippen molar-refractivity contribution in [3.63, 3.8) is 0 Å². The van der Waals surface area contributed by atoms with Gasteiger partial charge < -0.3 is 10.5 Å². The van der Waals surface area contributed by atoms with Crippen molar-refractivity contribution < 1.29 is 19.2 Å². The van der Waals surface area contributed by atoms with Crippen LogP contribution in [0.3, 0.4) is 0 Å². The van der Waals surface area contributed by atoms with E-state index < -0.39 is 16.3 Å². The predicted octanol–water partition coefficient (Wildman–Crippen LogP) is 2.83. The first-order valence-corrected chi connectivity index (χ1v) is 8.06. The number of unbranched alkanes of at least 4 members (excludes halogenated alkanes) is 1. The molecule has 1 aliphatic rings. The molecule has 1 aromatic rings. The third-order valence-electron chi connectivity index (χ3n) is 3.56. The standard InChI is InChI=1S/C15H18N2O5S/c1-4-5-6-8(18)12(16)11-13-9(7-10(23-13)17(20)21)22-15(2,3)14(11)19/h7H,4-6,16H2,1-3H3. The van der Waals surface area contributed by atoms with Gasteiger partial charge in [-0.1, -0.05) is 24.7 Å². The highest BCUT2D eigenvalue weighted by Gasteiger charge is 2.43. The van der Waals surface area contributed by atoms with Crippen LogP contribution in [0.5, 0.6) is 5.75 Å². The number of rotatable bonds is 5. The third kappa shape index (κ3) is 3.12. The second kappa shape index (κ2) is 6.11. The molecule has 7 nitrogen and oxygen atoms in total. The largest absolute Gasteiger partial charge is 0.478 e. The molecule has 1 aliphatic heterocycles. The van der Waals surface area contributed by atoms with E-state index in [0.717, 1.165) is 17.8 Å². The number of Topliss-reactive ketones (excluding diaryl/α,β-unsaturated/α-hetero) is 2. The Bertz CT molecular complexity index is 717. The molecule has 2 N–H and O–H groups in total. The number of allylic oxidation sites excluding steroid dienone is 1. The monoisotopic (exact) mass is 338 g/mol. The zero-order valence-corrected chi connectivity index (χ0v) is 14.0. The molecule has 0 amide bonds. The van der Waals surface area contributed by atoms with Crippen LogP contribution in [-0.2, 0) is 9.59 Å². The molecule has 0 saturated heterocycles. The van der Waals surface area contributed by atoms with Crippen LogP contribution in [0.4, 0.5) is 5.00 Å². The molecular weight excluding hydrogens is 320 g/mol. The summed E-state index contributed by atoms with van der Waals surface area (Å²) in [6.45, 7) is 5.04. The normalized spacial score (nSPS) is 18.1. The van der Waals surface area contributed by atoms with E-state index in [1.54, 1.807) is 13.8 Å². The van der Waals surface area contributed by atoms with E-state index in [-0.39, 0.29) is 39.1 Å². The molecule has 1 aromatic heterocycles. The number of nitro groups is 1. The van der Waals surface area contributed by atoms with Gasteiger partial charge in [-0.2, -0.15) is 0 Å². The molecule has 2 rings (SSSR count). The molecule has 0 aromatic carbocycles. The van der Waals surface area contributed by atoms with Crippen LogP contribution in [0.2, 0.25) is 0 Å². The summed E-state index contributed by atoms with van der Waals surface area (Å²) in [6, 6.07) is 1.26. The zero-order chi connectivity index (χ0) is 17.4. The fourth-order valence-corrected chi connectivity index (χ4v) is 3.24. The molecule has 0 bridgehead atoms. The summed E-state index contributed by atoms with van der Waals surface area (Å²) < 4.78 is 5.56. The van der Waals surface area contributed by atoms with E-state index in [4.69, 9.17) is 10.5 Å². The fraction of sp³-hybridized carbons (Fsp3) is 0.467. The lowest BCUT2D eigenvalue weighted by Gasteiger charge is -2.31. The van der Waals surface area contributed by atoms with E-state index in [2.05, 4.69) is 0 Å². The molecule has 0 radical (unpaired) electrons. The van der Waals surface area contributed by atoms with Crippen LogP contribution < -0.4 is 10.5 Å². The van der Waals surface area contributed by atoms with E-state index in [0.29, 0.717) is 6.42 Å². The van der Waals surface area contributed by atoms with Crippen LogP contribution in [0, 0.1) is 10.1 Å². The van der Waals surface area contributed by atoms with E-state index >= 15 is 0 Å². The number of nitrogens with zero attached hydrogens (tertiary/aromatic N) is 1. The Kier molecular flexibility index (Phi) is 4.56. The van der Waals surface area contributed by atoms with Gasteiger partial charge in [-0.25, -0.2) is 0 Å². The minimum Gasteiger partial charge on any atom is -0.478 e. The van der Waals surface area contributed by atoms with Crippen molar-refractivity contribution in [2.45, 2.75) is 45.6 Å². The Hall–Kier alpha value is -2.22. The van der Waals surface area contributed by atoms with Crippen LogP contribution in [0.25, 0.3) is 5.57 Å². The van der Waals surface area contributed by atoms with Crippen molar-refractivity contribution in [3.05, 3.63) is 26.8 Å². The maximum Gasteiger partial charge on any atom is 0.328 e. The number of nitrogens with two attached hydrogens (primary N) is 1. The van der Waals surface area contributed by atoms with Gasteiger partial charge in [-0.15, -0.1) is 0 Å². The number of carbonyl (C=O) groups excluding carboxylic acids is 2. The van der Waals surface area contributed by atoms with Crippen LogP contribution in [-0.4, -0.2) is 22.1 Å². The number of hydrogen-bond donors (Lipinski definition) is 1. The molecule has 2 heterocycles. The average molecular weight is 338 g/mol. The predicted molar refractivity (Wildman–Crippen MR) is 86.3 cm³/mol. The first-order valence-electron chi connectivity index (χ1n) is 7.24. The molecular formula is C15H18N2O5S. The Balaban J connectivity index is 2.59. The van der Waals surface area contributed by atoms with Crippen molar-refractivity contribution in [2.75, 3.05) is 0 Å². The molecule has 0 spiro atoms. The fourth-order valence-electron chi connectivity index (χ4n) is 2.28. The van der Waals surface area contributed by atoms with Crippen LogP contribution >= 0.6 is 11.3 Å². The topological polar surface area (TPSA) is 113 Å². The van der Waals surface area contributed by atoms with Gasteiger partial charge >= 0.3 is 5.00 Å². The van der Waals surface area contributed by atoms with Crippen molar-refractivity contribution in [1.82, 2.24) is 0 Å². The summed E-state index contributed by atoms with van der Waals surface area (Å²) in [5.74, 6) is -0.549. The summed E-state index contributed by atoms with van der Waals surface area (Å²) in [4.78, 5) is 35.5. The second-order valence-corrected chi connectivity index (χ2v) is 6.82. The van der Waals surface area contributed by atoms with Gasteiger partial charge in [0, 0.05) is 6.42 Å². The maximum atomic E-state index is 12.6. The molecule has 0 atom stereocenters. The molecule has 0 unspecified atom stereocenters. The van der Waals surface area contributed by atoms with Gasteiger partial charge in [-0.3, -0.25) is 19.7 Å². The summed E-state index contributed by atoms with van der Waals surface area (Å²) in [5, 5.41) is 10.8. The lowest BCUT2D eigenvalue weighted by molar-refractivity contribution is -0.380. The van der Waals surface area contributed by atoms with E-state index in [1.807, 2.05) is 6.92 Å². The Labute approximate surface area is 137 Å². The Morgan fingerprint density at radius 3 is 2.70 bits per heavy atom. The molecule has 124 valence electrons. The number of fused-ring (bicyclic) bond motifs is 1. The van der Waals surface area contributed by atoms with Crippen molar-refractivity contribution in [3.8, 4) is 5.75 Å². The highest BCUT2D eigenvalue weighted by molar-refractivity contribution is 7.17. The zero-order valence-electron chi connectivity index (χ0n) is 13.2. The van der Waals surface area contributed by atoms with Gasteiger partial charge in [0.2, 0.25) is 5.78 Å². The van der Waals surface area contributed by atoms with Gasteiger partial charge in [0.1, 0.15) is 5.75 Å². The highest BCUT2D eigenvalue weighted by atomic mass is 32.1. The lowest BCUT2D eigenvalue weighted by Crippen LogP contribution is -2.42. The minimum atomic E-state index is -1.23. The number of thiophene rings is 1. The first kappa shape index (κ1) is 17.1. The third-order valence-corrected chi connectivity index (χ3v) is 4.64. The Morgan fingerprint density at radius 2 is 2.13 bits per heavy atom. The number of carbonyl (C=O) groups is 2. The van der Waals surface area contributed by atoms with Crippen molar-refractivity contribution in [2.24, 2.45) is 5.73 Å². The number of hydrogen-bond acceptors (Lipinski definition) is 7. The lowest BCUT2D eigenvalue weighted by atomic mass is 9.89. The van der Waals surface area contributed by atoms with E-state index in [1.165, 1.54) is 6.07 Å². The van der Waals surface area contributed by atoms with Crippen LogP contribution in [0.15, 0.2) is 11.8 Å². The maximum absolute atomic E-state index is 12.6. The molecule has 0 aliphatic carbocycles. The summed E-state index contributed by atoms with van der Waals surface area (Å²) in [7, 11) is 0. The molecule has 0 fully saturated rings. The van der Waals surface area contributed by atoms with Crippen molar-refractivity contribution in [1.29, 1.82) is 0 Å². The molecule has 8 heteroatoms. The average Bonchev–Trinajstić information content (AvgIpc) is 2.88. The molecule has 0 saturated carbocycles. The minimum absolute atomic E-state index is 0.0375. The van der Waals surface area contributed by atoms with Gasteiger partial charge in [0.15, 0.2) is 11.4 Å². The SMILES string of the molecule is CCCCC(=O)C(N)=C1C(=O)C(C)(C)Oc2cc([N+](=O)[O-])sc21. The number of ketones is 2. The van der Waals surface area contributed by atoms with Gasteiger partial charge in [-0.05, 0) is 20.3 Å². The second-order valence-electron chi connectivity index (χ2n) is 5.79. The quantitative estimate of drug-likeness (QED) is 0.502. The highest BCUT2D eigenvalue weighted by Crippen LogP contribution is 2.46. The first-order chi connectivity index (χ1) is 10.7. The molecule has 23 heavy (non-hydrogen) atoms. The van der Waals surface area contributed by atoms with Gasteiger partial charge in [0.05, 0.1) is 27.1 Å². The summed E-state index contributed by atoms with van der Waals surface area (Å²) in [6.07, 6.45) is 1.73. The number of ether oxygens (including phenoxy) is 1. The van der Waals surface area contributed by atoms with Crippen molar-refractivity contribution >= 4 is 33.5 Å². The Morgan fingerprint density at radius 1 is 1.48 bits per heavy atom. The van der Waals surface area contributed by atoms with Crippen LogP contribution in [0.1, 0.15) is 44.9 Å². The smallest absolute Gasteiger partial charge is 0.328 e. The summed E-state index contributed by atoms with van der Waals surface area (Å²) >= 11 is 0.791. The summed E-state index contributed by atoms with van der Waals surface area (Å²) in [5.41, 5.74) is 4.60. The van der Waals surface area contributed by atoms with Gasteiger partial charge in [0.25, 0.3) is 0 Å².